The fourth-order valence-electron chi connectivity index (χ4n) is 0.129. The summed E-state index contributed by atoms with van der Waals surface area (Å²) < 4.78 is 0. The van der Waals surface area contributed by atoms with Crippen molar-refractivity contribution in [1.82, 2.24) is 0 Å². The molecule has 0 rings (SSSR count). The molecule has 0 aliphatic rings. The average Bonchev–Trinajstić information content (AvgIpc) is 1.41. The van der Waals surface area contributed by atoms with Gasteiger partial charge in [0.15, 0.2) is 0 Å². The van der Waals surface area contributed by atoms with E-state index in [9.17, 15) is 0 Å². The van der Waals surface area contributed by atoms with Crippen LogP contribution >= 0.6 is 8.20 Å². The molecular weight excluding hydrogens is 79.0 g/mol. The molecule has 0 bridgehead atoms. The lowest BCUT2D eigenvalue weighted by atomic mass is 10.8. The Morgan fingerprint density at radius 3 is 2.40 bits per heavy atom. The molecule has 0 nitrogen and oxygen atoms in total. The van der Waals surface area contributed by atoms with Crippen LogP contribution in [0.15, 0.2) is 6.08 Å². The zero-order valence-electron chi connectivity index (χ0n) is 3.52. The van der Waals surface area contributed by atoms with Gasteiger partial charge in [-0.25, -0.2) is 0 Å². The summed E-state index contributed by atoms with van der Waals surface area (Å²) in [7, 11) is 1.22. The topological polar surface area (TPSA) is 0 Å². The lowest BCUT2D eigenvalue weighted by Gasteiger charge is -1.47. The summed E-state index contributed by atoms with van der Waals surface area (Å²) in [5, 5.41) is 0. The second-order valence-electron chi connectivity index (χ2n) is 0.641. The molecule has 0 heterocycles. The normalized spacial score (nSPS) is 6.80. The van der Waals surface area contributed by atoms with Crippen LogP contribution in [0.2, 0.25) is 0 Å². The van der Waals surface area contributed by atoms with Gasteiger partial charge in [0, 0.05) is 0 Å². The third kappa shape index (κ3) is 3.95. The minimum Gasteiger partial charge on any atom is -0.0988 e. The zero-order chi connectivity index (χ0) is 4.12. The van der Waals surface area contributed by atoms with Gasteiger partial charge in [-0.1, -0.05) is 13.7 Å². The molecule has 0 unspecified atom stereocenters. The molecule has 0 aliphatic heterocycles. The summed E-state index contributed by atoms with van der Waals surface area (Å²) in [6.45, 7) is 4.01. The van der Waals surface area contributed by atoms with Gasteiger partial charge in [-0.3, -0.25) is 0 Å². The van der Waals surface area contributed by atoms with Crippen LogP contribution in [0.3, 0.4) is 0 Å². The largest absolute Gasteiger partial charge is 0.0988 e. The van der Waals surface area contributed by atoms with E-state index >= 15 is 0 Å². The van der Waals surface area contributed by atoms with Crippen molar-refractivity contribution in [3.63, 3.8) is 0 Å². The highest BCUT2D eigenvalue weighted by Crippen LogP contribution is 1.72. The van der Waals surface area contributed by atoms with Gasteiger partial charge in [-0.05, 0) is 19.7 Å². The number of allylic oxidation sites excluding steroid dienone is 1. The Kier molecular flexibility index (Phi) is 3.91. The summed E-state index contributed by atoms with van der Waals surface area (Å²) >= 11 is 0. The summed E-state index contributed by atoms with van der Waals surface area (Å²) in [6, 6.07) is 0. The highest BCUT2D eigenvalue weighted by molar-refractivity contribution is 7.36. The van der Waals surface area contributed by atoms with Crippen molar-refractivity contribution in [3.8, 4) is 0 Å². The van der Waals surface area contributed by atoms with E-state index < -0.39 is 0 Å². The molecule has 0 radical (unpaired) electrons. The standard InChI is InChI=1S/C4H7P/c1-3-4-5-2/h3H,1-2H3. The Morgan fingerprint density at radius 2 is 2.40 bits per heavy atom. The van der Waals surface area contributed by atoms with Crippen LogP contribution in [0.5, 0.6) is 0 Å². The highest BCUT2D eigenvalue weighted by atomic mass is 31.1. The van der Waals surface area contributed by atoms with Gasteiger partial charge < -0.3 is 0 Å². The highest BCUT2D eigenvalue weighted by Gasteiger charge is 1.36. The molecule has 0 amide bonds. The number of hydrogen-bond acceptors (Lipinski definition) is 0. The summed E-state index contributed by atoms with van der Waals surface area (Å²) in [5.74, 6) is 0. The molecule has 0 aromatic rings. The van der Waals surface area contributed by atoms with E-state index in [1.165, 1.54) is 8.20 Å². The van der Waals surface area contributed by atoms with Gasteiger partial charge in [-0.15, -0.1) is 0 Å². The van der Waals surface area contributed by atoms with E-state index in [0.717, 1.165) is 0 Å². The van der Waals surface area contributed by atoms with Crippen molar-refractivity contribution in [3.05, 3.63) is 6.08 Å². The maximum Gasteiger partial charge on any atom is -0.0148 e. The maximum absolute atomic E-state index is 2.96. The van der Waals surface area contributed by atoms with Gasteiger partial charge >= 0.3 is 0 Å². The molecule has 0 atom stereocenters. The van der Waals surface area contributed by atoms with Crippen LogP contribution in [0.4, 0.5) is 0 Å². The SMILES string of the molecule is CC=C=PC. The summed E-state index contributed by atoms with van der Waals surface area (Å²) in [5.41, 5.74) is 2.96. The van der Waals surface area contributed by atoms with Crippen LogP contribution in [-0.4, -0.2) is 12.1 Å². The predicted octanol–water partition coefficient (Wildman–Crippen LogP) is 1.54. The summed E-state index contributed by atoms with van der Waals surface area (Å²) in [4.78, 5) is 0. The van der Waals surface area contributed by atoms with Crippen LogP contribution in [0.1, 0.15) is 6.92 Å². The van der Waals surface area contributed by atoms with Crippen molar-refractivity contribution in [1.29, 1.82) is 0 Å². The molecular formula is C4H7P. The Labute approximate surface area is 34.3 Å². The van der Waals surface area contributed by atoms with Gasteiger partial charge in [-0.2, -0.15) is 0 Å². The Hall–Kier alpha value is -0.0500. The van der Waals surface area contributed by atoms with E-state index in [1.807, 2.05) is 19.7 Å². The number of rotatable bonds is 0. The molecule has 0 aromatic carbocycles. The molecule has 5 heavy (non-hydrogen) atoms. The van der Waals surface area contributed by atoms with E-state index in [4.69, 9.17) is 0 Å². The lowest BCUT2D eigenvalue weighted by Crippen LogP contribution is -1.31. The molecule has 0 saturated carbocycles. The smallest absolute Gasteiger partial charge is 0.0148 e. The van der Waals surface area contributed by atoms with E-state index in [0.29, 0.717) is 0 Å². The predicted molar refractivity (Wildman–Crippen MR) is 28.1 cm³/mol. The first-order valence-electron chi connectivity index (χ1n) is 1.54. The van der Waals surface area contributed by atoms with E-state index in [1.54, 1.807) is 0 Å². The van der Waals surface area contributed by atoms with Crippen molar-refractivity contribution in [2.45, 2.75) is 6.92 Å². The van der Waals surface area contributed by atoms with Crippen molar-refractivity contribution in [2.24, 2.45) is 0 Å². The van der Waals surface area contributed by atoms with Gasteiger partial charge in [0.2, 0.25) is 0 Å². The zero-order valence-corrected chi connectivity index (χ0v) is 4.42. The van der Waals surface area contributed by atoms with E-state index in [-0.39, 0.29) is 0 Å². The quantitative estimate of drug-likeness (QED) is 0.392. The van der Waals surface area contributed by atoms with Gasteiger partial charge in [0.1, 0.15) is 0 Å². The Bertz CT molecular complexity index is 52.0. The van der Waals surface area contributed by atoms with Crippen molar-refractivity contribution in [2.75, 3.05) is 6.66 Å². The maximum atomic E-state index is 2.96. The minimum absolute atomic E-state index is 1.22. The first kappa shape index (κ1) is 4.95. The lowest BCUT2D eigenvalue weighted by molar-refractivity contribution is 1.84. The van der Waals surface area contributed by atoms with Crippen LogP contribution in [0, 0.1) is 0 Å². The minimum atomic E-state index is 1.22. The number of hydrogen-bond donors (Lipinski definition) is 0. The van der Waals surface area contributed by atoms with Crippen molar-refractivity contribution < 1.29 is 0 Å². The third-order valence-corrected chi connectivity index (χ3v) is 0.775. The molecule has 1 heteroatoms. The third-order valence-electron chi connectivity index (χ3n) is 0.258. The molecule has 0 fully saturated rings. The monoisotopic (exact) mass is 86.0 g/mol. The fraction of sp³-hybridized carbons (Fsp3) is 0.500. The second-order valence-corrected chi connectivity index (χ2v) is 1.35. The van der Waals surface area contributed by atoms with Crippen LogP contribution < -0.4 is 0 Å². The Morgan fingerprint density at radius 1 is 1.80 bits per heavy atom. The van der Waals surface area contributed by atoms with Gasteiger partial charge in [0.25, 0.3) is 0 Å². The molecule has 0 aromatic heterocycles. The first-order valence-corrected chi connectivity index (χ1v) is 2.88. The van der Waals surface area contributed by atoms with Crippen LogP contribution in [-0.2, 0) is 0 Å². The molecule has 0 aliphatic carbocycles. The molecule has 28 valence electrons. The van der Waals surface area contributed by atoms with Crippen molar-refractivity contribution >= 4 is 13.7 Å². The fourth-order valence-corrected chi connectivity index (χ4v) is 0.387. The molecule has 0 spiro atoms. The Balaban J connectivity index is 3.26. The van der Waals surface area contributed by atoms with Gasteiger partial charge in [0.05, 0.1) is 0 Å². The first-order chi connectivity index (χ1) is 2.41. The second kappa shape index (κ2) is 3.95. The molecule has 0 N–H and O–H groups in total. The molecule has 0 saturated heterocycles. The van der Waals surface area contributed by atoms with E-state index in [2.05, 4.69) is 5.45 Å². The van der Waals surface area contributed by atoms with Crippen LogP contribution in [0.25, 0.3) is 0 Å². The average molecular weight is 86.1 g/mol. The summed E-state index contributed by atoms with van der Waals surface area (Å²) in [6.07, 6.45) is 1.92.